The predicted molar refractivity (Wildman–Crippen MR) is 104 cm³/mol. The first kappa shape index (κ1) is 19.4. The van der Waals surface area contributed by atoms with E-state index in [0.717, 1.165) is 41.1 Å². The van der Waals surface area contributed by atoms with Gasteiger partial charge in [-0.3, -0.25) is 14.2 Å². The molecule has 0 bridgehead atoms. The molecule has 0 aliphatic rings. The van der Waals surface area contributed by atoms with Gasteiger partial charge in [-0.2, -0.15) is 0 Å². The minimum absolute atomic E-state index is 0.0721. The van der Waals surface area contributed by atoms with E-state index in [1.165, 1.54) is 12.1 Å². The highest BCUT2D eigenvalue weighted by molar-refractivity contribution is 6.12. The van der Waals surface area contributed by atoms with E-state index in [1.54, 1.807) is 12.1 Å². The van der Waals surface area contributed by atoms with Crippen LogP contribution in [0.2, 0.25) is 0 Å². The van der Waals surface area contributed by atoms with Crippen molar-refractivity contribution in [1.29, 1.82) is 0 Å². The Labute approximate surface area is 167 Å². The summed E-state index contributed by atoms with van der Waals surface area (Å²) in [7, 11) is 0. The molecule has 8 heteroatoms. The van der Waals surface area contributed by atoms with Crippen LogP contribution in [0.25, 0.3) is 16.5 Å². The molecular formula is C22H12F4N2O2. The summed E-state index contributed by atoms with van der Waals surface area (Å²) in [4.78, 5) is 25.7. The number of hydrogen-bond donors (Lipinski definition) is 1. The zero-order valence-electron chi connectivity index (χ0n) is 15.1. The molecule has 4 rings (SSSR count). The van der Waals surface area contributed by atoms with Crippen LogP contribution >= 0.6 is 0 Å². The van der Waals surface area contributed by atoms with Gasteiger partial charge in [-0.15, -0.1) is 0 Å². The van der Waals surface area contributed by atoms with Gasteiger partial charge in [0.15, 0.2) is 0 Å². The number of halogens is 4. The Morgan fingerprint density at radius 2 is 1.47 bits per heavy atom. The molecule has 30 heavy (non-hydrogen) atoms. The Bertz CT molecular complexity index is 1350. The van der Waals surface area contributed by atoms with Crippen LogP contribution in [0, 0.1) is 23.3 Å². The number of fused-ring (bicyclic) bond motifs is 1. The molecule has 0 aliphatic heterocycles. The molecule has 1 N–H and O–H groups in total. The van der Waals surface area contributed by atoms with Crippen molar-refractivity contribution >= 4 is 22.4 Å². The number of hydrogen-bond acceptors (Lipinski definition) is 2. The maximum atomic E-state index is 14.3. The molecule has 0 saturated heterocycles. The number of carbonyl (C=O) groups is 1. The maximum Gasteiger partial charge on any atom is 0.263 e. The molecule has 0 unspecified atom stereocenters. The molecule has 1 amide bonds. The number of carbonyl (C=O) groups excluding carboxylic acids is 1. The number of para-hydroxylation sites is 1. The fourth-order valence-electron chi connectivity index (χ4n) is 3.13. The molecule has 1 aromatic heterocycles. The van der Waals surface area contributed by atoms with Gasteiger partial charge in [-0.1, -0.05) is 24.3 Å². The summed E-state index contributed by atoms with van der Waals surface area (Å²) in [6, 6.07) is 11.8. The van der Waals surface area contributed by atoms with E-state index in [4.69, 9.17) is 0 Å². The van der Waals surface area contributed by atoms with Gasteiger partial charge in [-0.05, 0) is 30.3 Å². The van der Waals surface area contributed by atoms with E-state index in [-0.39, 0.29) is 22.0 Å². The van der Waals surface area contributed by atoms with Crippen molar-refractivity contribution in [3.63, 3.8) is 0 Å². The van der Waals surface area contributed by atoms with Gasteiger partial charge >= 0.3 is 0 Å². The van der Waals surface area contributed by atoms with Crippen LogP contribution in [0.3, 0.4) is 0 Å². The number of anilines is 1. The summed E-state index contributed by atoms with van der Waals surface area (Å²) < 4.78 is 56.3. The normalized spacial score (nSPS) is 10.9. The van der Waals surface area contributed by atoms with Gasteiger partial charge < -0.3 is 5.32 Å². The van der Waals surface area contributed by atoms with Crippen molar-refractivity contribution in [3.8, 4) is 5.69 Å². The van der Waals surface area contributed by atoms with Crippen LogP contribution in [-0.2, 0) is 0 Å². The maximum absolute atomic E-state index is 14.3. The number of rotatable bonds is 3. The predicted octanol–water partition coefficient (Wildman–Crippen LogP) is 4.80. The third-order valence-corrected chi connectivity index (χ3v) is 4.54. The standard InChI is InChI=1S/C22H12F4N2O2/c23-12-8-9-19(18(26)10-12)28-11-15(13-4-1-2-5-14(13)22(28)30)21(29)27-20-16(24)6-3-7-17(20)25/h1-11H,(H,27,29). The van der Waals surface area contributed by atoms with E-state index in [1.807, 2.05) is 0 Å². The fourth-order valence-corrected chi connectivity index (χ4v) is 3.13. The van der Waals surface area contributed by atoms with Crippen molar-refractivity contribution in [2.24, 2.45) is 0 Å². The number of benzene rings is 3. The molecule has 0 aliphatic carbocycles. The van der Waals surface area contributed by atoms with E-state index >= 15 is 0 Å². The van der Waals surface area contributed by atoms with Gasteiger partial charge in [-0.25, -0.2) is 17.6 Å². The van der Waals surface area contributed by atoms with Crippen LogP contribution in [-0.4, -0.2) is 10.5 Å². The number of nitrogens with zero attached hydrogens (tertiary/aromatic N) is 1. The second-order valence-electron chi connectivity index (χ2n) is 6.41. The van der Waals surface area contributed by atoms with E-state index < -0.39 is 40.4 Å². The van der Waals surface area contributed by atoms with Crippen LogP contribution in [0.5, 0.6) is 0 Å². The number of pyridine rings is 1. The van der Waals surface area contributed by atoms with Crippen LogP contribution < -0.4 is 10.9 Å². The Balaban J connectivity index is 1.92. The summed E-state index contributed by atoms with van der Waals surface area (Å²) in [5.74, 6) is -4.72. The number of amides is 1. The van der Waals surface area contributed by atoms with Crippen molar-refractivity contribution in [2.75, 3.05) is 5.32 Å². The first-order valence-corrected chi connectivity index (χ1v) is 8.72. The Kier molecular flexibility index (Phi) is 4.83. The average molecular weight is 412 g/mol. The topological polar surface area (TPSA) is 51.1 Å². The largest absolute Gasteiger partial charge is 0.317 e. The van der Waals surface area contributed by atoms with E-state index in [2.05, 4.69) is 5.32 Å². The summed E-state index contributed by atoms with van der Waals surface area (Å²) in [5.41, 5.74) is -1.71. The molecule has 4 nitrogen and oxygen atoms in total. The summed E-state index contributed by atoms with van der Waals surface area (Å²) >= 11 is 0. The summed E-state index contributed by atoms with van der Waals surface area (Å²) in [6.07, 6.45) is 1.05. The van der Waals surface area contributed by atoms with Crippen molar-refractivity contribution in [2.45, 2.75) is 0 Å². The first-order chi connectivity index (χ1) is 14.4. The first-order valence-electron chi connectivity index (χ1n) is 8.72. The molecular weight excluding hydrogens is 400 g/mol. The summed E-state index contributed by atoms with van der Waals surface area (Å²) in [6.45, 7) is 0. The number of aromatic nitrogens is 1. The van der Waals surface area contributed by atoms with Crippen LogP contribution in [0.4, 0.5) is 23.2 Å². The molecule has 3 aromatic carbocycles. The van der Waals surface area contributed by atoms with E-state index in [9.17, 15) is 27.2 Å². The minimum Gasteiger partial charge on any atom is -0.317 e. The molecule has 0 radical (unpaired) electrons. The lowest BCUT2D eigenvalue weighted by molar-refractivity contribution is 0.102. The van der Waals surface area contributed by atoms with E-state index in [0.29, 0.717) is 6.07 Å². The summed E-state index contributed by atoms with van der Waals surface area (Å²) in [5, 5.41) is 2.43. The monoisotopic (exact) mass is 412 g/mol. The molecule has 0 spiro atoms. The highest BCUT2D eigenvalue weighted by atomic mass is 19.1. The van der Waals surface area contributed by atoms with Crippen molar-refractivity contribution < 1.29 is 22.4 Å². The second-order valence-corrected chi connectivity index (χ2v) is 6.41. The van der Waals surface area contributed by atoms with Crippen molar-refractivity contribution in [3.05, 3.63) is 106 Å². The fraction of sp³-hybridized carbons (Fsp3) is 0. The van der Waals surface area contributed by atoms with Gasteiger partial charge in [0.2, 0.25) is 0 Å². The minimum atomic E-state index is -1.01. The second kappa shape index (κ2) is 7.47. The van der Waals surface area contributed by atoms with Gasteiger partial charge in [0.1, 0.15) is 29.0 Å². The van der Waals surface area contributed by atoms with Crippen molar-refractivity contribution in [1.82, 2.24) is 4.57 Å². The molecule has 0 atom stereocenters. The van der Waals surface area contributed by atoms with Gasteiger partial charge in [0, 0.05) is 23.0 Å². The Morgan fingerprint density at radius 3 is 2.13 bits per heavy atom. The SMILES string of the molecule is O=C(Nc1c(F)cccc1F)c1cn(-c2ccc(F)cc2F)c(=O)c2ccccc12. The third kappa shape index (κ3) is 3.32. The lowest BCUT2D eigenvalue weighted by Crippen LogP contribution is -2.23. The van der Waals surface area contributed by atoms with Gasteiger partial charge in [0.05, 0.1) is 11.3 Å². The molecule has 150 valence electrons. The highest BCUT2D eigenvalue weighted by Crippen LogP contribution is 2.23. The highest BCUT2D eigenvalue weighted by Gasteiger charge is 2.19. The lowest BCUT2D eigenvalue weighted by Gasteiger charge is -2.14. The van der Waals surface area contributed by atoms with Gasteiger partial charge in [0.25, 0.3) is 11.5 Å². The lowest BCUT2D eigenvalue weighted by atomic mass is 10.1. The molecule has 4 aromatic rings. The Morgan fingerprint density at radius 1 is 0.800 bits per heavy atom. The molecule has 0 saturated carbocycles. The quantitative estimate of drug-likeness (QED) is 0.492. The average Bonchev–Trinajstić information content (AvgIpc) is 2.72. The zero-order valence-corrected chi connectivity index (χ0v) is 15.1. The van der Waals surface area contributed by atoms with Crippen LogP contribution in [0.1, 0.15) is 10.4 Å². The smallest absolute Gasteiger partial charge is 0.263 e. The Hall–Kier alpha value is -3.94. The number of nitrogens with one attached hydrogen (secondary N) is 1. The van der Waals surface area contributed by atoms with Crippen LogP contribution in [0.15, 0.2) is 71.7 Å². The third-order valence-electron chi connectivity index (χ3n) is 4.54. The molecule has 0 fully saturated rings. The zero-order chi connectivity index (χ0) is 21.4. The molecule has 1 heterocycles.